The maximum absolute atomic E-state index is 13.1. The van der Waals surface area contributed by atoms with E-state index in [0.717, 1.165) is 24.9 Å². The van der Waals surface area contributed by atoms with Crippen molar-refractivity contribution >= 4 is 32.9 Å². The van der Waals surface area contributed by atoms with Gasteiger partial charge < -0.3 is 4.90 Å². The average Bonchev–Trinajstić information content (AvgIpc) is 3.11. The van der Waals surface area contributed by atoms with E-state index in [-0.39, 0.29) is 27.9 Å². The summed E-state index contributed by atoms with van der Waals surface area (Å²) in [5.41, 5.74) is 1.21. The van der Waals surface area contributed by atoms with Gasteiger partial charge in [0.15, 0.2) is 5.82 Å². The fraction of sp³-hybridized carbons (Fsp3) is 0.526. The summed E-state index contributed by atoms with van der Waals surface area (Å²) in [6.45, 7) is 9.72. The Hall–Kier alpha value is -1.98. The monoisotopic (exact) mass is 518 g/mol. The standard InChI is InChI=1S/C19H27F3N6O2S.Ni/c1-5-8-11-28-13-14(4)18(25-28)24-23-16-10-9-15(27(6-2)7-3)12-17(16)26-31(29,30-22)19(20)21;/h9-10,12-13,19H,5-8,11H2,1-4H3;/q;+2. The molecule has 180 valence electrons. The smallest absolute Gasteiger partial charge is 0.372 e. The summed E-state index contributed by atoms with van der Waals surface area (Å²) >= 11 is 0. The topological polar surface area (TPSA) is 84.4 Å². The van der Waals surface area contributed by atoms with Gasteiger partial charge in [-0.1, -0.05) is 17.7 Å². The zero-order valence-electron chi connectivity index (χ0n) is 18.3. The molecular formula is C19H27F3N6NiO2S+2. The van der Waals surface area contributed by atoms with Gasteiger partial charge in [-0.25, -0.2) is 4.21 Å². The first-order valence-corrected chi connectivity index (χ1v) is 11.5. The van der Waals surface area contributed by atoms with Crippen molar-refractivity contribution < 1.29 is 38.4 Å². The molecule has 8 nitrogen and oxygen atoms in total. The second-order valence-electron chi connectivity index (χ2n) is 6.73. The predicted octanol–water partition coefficient (Wildman–Crippen LogP) is 6.39. The largest absolute Gasteiger partial charge is 2.00 e. The first-order valence-electron chi connectivity index (χ1n) is 9.97. The zero-order chi connectivity index (χ0) is 23.0. The van der Waals surface area contributed by atoms with Crippen molar-refractivity contribution in [3.05, 3.63) is 30.0 Å². The third kappa shape index (κ3) is 7.01. The molecule has 0 aliphatic carbocycles. The van der Waals surface area contributed by atoms with Crippen LogP contribution < -0.4 is 4.90 Å². The first-order chi connectivity index (χ1) is 14.8. The molecule has 0 spiro atoms. The van der Waals surface area contributed by atoms with Crippen LogP contribution in [0, 0.1) is 6.92 Å². The Kier molecular flexibility index (Phi) is 11.3. The Morgan fingerprint density at radius 2 is 1.88 bits per heavy atom. The van der Waals surface area contributed by atoms with Crippen molar-refractivity contribution in [3.8, 4) is 0 Å². The van der Waals surface area contributed by atoms with Crippen LogP contribution in [0.3, 0.4) is 0 Å². The van der Waals surface area contributed by atoms with Crippen LogP contribution in [0.15, 0.2) is 39.0 Å². The molecule has 0 fully saturated rings. The number of aryl methyl sites for hydroxylation is 2. The van der Waals surface area contributed by atoms with Gasteiger partial charge in [-0.3, -0.25) is 4.68 Å². The molecule has 0 radical (unpaired) electrons. The summed E-state index contributed by atoms with van der Waals surface area (Å²) < 4.78 is 59.0. The minimum atomic E-state index is -4.89. The zero-order valence-corrected chi connectivity index (χ0v) is 20.1. The Balaban J connectivity index is 0.00000512. The van der Waals surface area contributed by atoms with Crippen LogP contribution in [-0.2, 0) is 37.4 Å². The van der Waals surface area contributed by atoms with E-state index in [4.69, 9.17) is 0 Å². The number of azo groups is 1. The summed E-state index contributed by atoms with van der Waals surface area (Å²) in [5, 5.41) is 12.5. The molecule has 0 bridgehead atoms. The molecule has 0 amide bonds. The second kappa shape index (κ2) is 12.9. The molecule has 0 N–H and O–H groups in total. The van der Waals surface area contributed by atoms with Crippen LogP contribution in [0.25, 0.3) is 0 Å². The molecule has 1 unspecified atom stereocenters. The van der Waals surface area contributed by atoms with Crippen LogP contribution in [-0.4, -0.2) is 32.8 Å². The third-order valence-electron chi connectivity index (χ3n) is 4.54. The second-order valence-corrected chi connectivity index (χ2v) is 8.42. The van der Waals surface area contributed by atoms with E-state index in [9.17, 15) is 17.5 Å². The Morgan fingerprint density at radius 3 is 2.44 bits per heavy atom. The molecule has 2 rings (SSSR count). The van der Waals surface area contributed by atoms with Crippen molar-refractivity contribution in [1.82, 2.24) is 9.78 Å². The average molecular weight is 519 g/mol. The number of aromatic nitrogens is 2. The first kappa shape index (κ1) is 28.1. The minimum absolute atomic E-state index is 0. The molecule has 2 aromatic rings. The van der Waals surface area contributed by atoms with E-state index in [2.05, 4.69) is 31.0 Å². The number of alkyl halides is 2. The molecule has 1 atom stereocenters. The number of halogens is 3. The summed E-state index contributed by atoms with van der Waals surface area (Å²) in [6.07, 6.45) is 3.80. The molecule has 0 saturated carbocycles. The van der Waals surface area contributed by atoms with Crippen molar-refractivity contribution in [3.63, 3.8) is 0 Å². The Morgan fingerprint density at radius 1 is 1.19 bits per heavy atom. The summed E-state index contributed by atoms with van der Waals surface area (Å²) in [4.78, 5) is 1.92. The van der Waals surface area contributed by atoms with Gasteiger partial charge in [-0.15, -0.1) is 10.2 Å². The predicted molar refractivity (Wildman–Crippen MR) is 114 cm³/mol. The van der Waals surface area contributed by atoms with Crippen molar-refractivity contribution in [2.75, 3.05) is 18.0 Å². The van der Waals surface area contributed by atoms with Gasteiger partial charge in [-0.2, -0.15) is 18.2 Å². The van der Waals surface area contributed by atoms with E-state index < -0.39 is 15.8 Å². The molecular weight excluding hydrogens is 492 g/mol. The van der Waals surface area contributed by atoms with Crippen molar-refractivity contribution in [2.45, 2.75) is 52.8 Å². The van der Waals surface area contributed by atoms with Gasteiger partial charge in [0.1, 0.15) is 11.4 Å². The fourth-order valence-electron chi connectivity index (χ4n) is 2.82. The number of unbranched alkanes of at least 4 members (excludes halogenated alkanes) is 1. The number of rotatable bonds is 11. The third-order valence-corrected chi connectivity index (χ3v) is 5.62. The van der Waals surface area contributed by atoms with Gasteiger partial charge in [0.2, 0.25) is 0 Å². The van der Waals surface area contributed by atoms with Crippen molar-refractivity contribution in [2.24, 2.45) is 14.6 Å². The summed E-state index contributed by atoms with van der Waals surface area (Å²) in [7, 11) is -4.89. The Labute approximate surface area is 196 Å². The molecule has 0 saturated heterocycles. The van der Waals surface area contributed by atoms with Gasteiger partial charge in [0.05, 0.1) is 0 Å². The van der Waals surface area contributed by atoms with Gasteiger partial charge in [0.25, 0.3) is 10.0 Å². The van der Waals surface area contributed by atoms with E-state index in [1.807, 2.05) is 31.9 Å². The summed E-state index contributed by atoms with van der Waals surface area (Å²) in [6, 6.07) is 4.59. The van der Waals surface area contributed by atoms with Crippen LogP contribution in [0.1, 0.15) is 39.2 Å². The van der Waals surface area contributed by atoms with Gasteiger partial charge >= 0.3 is 22.2 Å². The number of hydrogen-bond donors (Lipinski definition) is 0. The molecule has 1 aromatic heterocycles. The number of hydrogen-bond acceptors (Lipinski definition) is 7. The summed E-state index contributed by atoms with van der Waals surface area (Å²) in [5.74, 6) is -3.29. The number of benzene rings is 1. The molecule has 1 heterocycles. The van der Waals surface area contributed by atoms with E-state index >= 15 is 0 Å². The Bertz CT molecular complexity index is 1020. The molecule has 0 aliphatic heterocycles. The van der Waals surface area contributed by atoms with Crippen LogP contribution in [0.2, 0.25) is 0 Å². The van der Waals surface area contributed by atoms with Crippen LogP contribution in [0.5, 0.6) is 0 Å². The molecule has 32 heavy (non-hydrogen) atoms. The minimum Gasteiger partial charge on any atom is -0.372 e. The van der Waals surface area contributed by atoms with E-state index in [1.54, 1.807) is 10.7 Å². The fourth-order valence-corrected chi connectivity index (χ4v) is 3.40. The van der Waals surface area contributed by atoms with Gasteiger partial charge in [0, 0.05) is 37.1 Å². The molecule has 1 aromatic carbocycles. The van der Waals surface area contributed by atoms with Crippen LogP contribution in [0.4, 0.5) is 36.2 Å². The van der Waals surface area contributed by atoms with Crippen molar-refractivity contribution in [1.29, 1.82) is 0 Å². The number of nitrogens with zero attached hydrogens (tertiary/aromatic N) is 6. The molecule has 0 aliphatic rings. The normalized spacial score (nSPS) is 13.2. The number of anilines is 1. The van der Waals surface area contributed by atoms with E-state index in [1.165, 1.54) is 12.1 Å². The molecule has 13 heteroatoms. The maximum atomic E-state index is 13.1. The van der Waals surface area contributed by atoms with Gasteiger partial charge in [-0.05, 0) is 49.9 Å². The quantitative estimate of drug-likeness (QED) is 0.255. The van der Waals surface area contributed by atoms with Crippen LogP contribution >= 0.6 is 0 Å². The van der Waals surface area contributed by atoms with E-state index in [0.29, 0.717) is 24.6 Å². The maximum Gasteiger partial charge on any atom is 2.00 e. The SMILES string of the molecule is CCCCn1cc(C)c(N=Nc2ccc(N(CC)CC)cc2N=S(=O)(OF)C(F)F)n1.[Ni+2].